The van der Waals surface area contributed by atoms with Gasteiger partial charge in [-0.1, -0.05) is 0 Å². The van der Waals surface area contributed by atoms with Crippen molar-refractivity contribution < 1.29 is 9.47 Å². The second-order valence-corrected chi connectivity index (χ2v) is 4.32. The predicted molar refractivity (Wildman–Crippen MR) is 61.2 cm³/mol. The number of ether oxygens (including phenoxy) is 2. The molecular weight excluding hydrogens is 192 g/mol. The summed E-state index contributed by atoms with van der Waals surface area (Å²) in [5.74, 6) is 0. The van der Waals surface area contributed by atoms with Gasteiger partial charge in [-0.15, -0.1) is 0 Å². The quantitative estimate of drug-likeness (QED) is 0.718. The lowest BCUT2D eigenvalue weighted by atomic mass is 10.1. The highest BCUT2D eigenvalue weighted by Gasteiger charge is 2.21. The number of morpholine rings is 1. The average Bonchev–Trinajstić information content (AvgIpc) is 2.28. The smallest absolute Gasteiger partial charge is 0.0826 e. The van der Waals surface area contributed by atoms with E-state index in [1.54, 1.807) is 7.11 Å². The zero-order valence-corrected chi connectivity index (χ0v) is 10.3. The van der Waals surface area contributed by atoms with Gasteiger partial charge in [-0.2, -0.15) is 0 Å². The molecule has 0 aliphatic carbocycles. The fraction of sp³-hybridized carbons (Fsp3) is 1.00. The van der Waals surface area contributed by atoms with Crippen LogP contribution in [-0.2, 0) is 9.47 Å². The molecule has 0 aromatic heterocycles. The molecule has 0 saturated carbocycles. The van der Waals surface area contributed by atoms with Crippen LogP contribution in [0, 0.1) is 0 Å². The number of nitrogens with zero attached hydrogens (tertiary/aromatic N) is 1. The second-order valence-electron chi connectivity index (χ2n) is 4.32. The third kappa shape index (κ3) is 4.07. The van der Waals surface area contributed by atoms with Crippen molar-refractivity contribution in [2.45, 2.75) is 32.1 Å². The fourth-order valence-corrected chi connectivity index (χ4v) is 1.78. The maximum Gasteiger partial charge on any atom is 0.0826 e. The molecule has 1 aliphatic rings. The molecule has 1 rings (SSSR count). The van der Waals surface area contributed by atoms with Crippen molar-refractivity contribution in [3.8, 4) is 0 Å². The Balaban J connectivity index is 2.29. The number of hydrogen-bond donors (Lipinski definition) is 1. The first-order valence-electron chi connectivity index (χ1n) is 5.70. The van der Waals surface area contributed by atoms with Gasteiger partial charge < -0.3 is 14.8 Å². The maximum atomic E-state index is 5.67. The third-order valence-corrected chi connectivity index (χ3v) is 3.24. The van der Waals surface area contributed by atoms with Crippen LogP contribution in [-0.4, -0.2) is 63.5 Å². The van der Waals surface area contributed by atoms with E-state index in [0.717, 1.165) is 26.2 Å². The van der Waals surface area contributed by atoms with E-state index in [4.69, 9.17) is 9.47 Å². The number of rotatable bonds is 5. The molecule has 4 nitrogen and oxygen atoms in total. The van der Waals surface area contributed by atoms with E-state index in [2.05, 4.69) is 31.1 Å². The van der Waals surface area contributed by atoms with Crippen LogP contribution in [0.15, 0.2) is 0 Å². The third-order valence-electron chi connectivity index (χ3n) is 3.24. The zero-order chi connectivity index (χ0) is 11.3. The van der Waals surface area contributed by atoms with Gasteiger partial charge in [-0.05, 0) is 20.9 Å². The largest absolute Gasteiger partial charge is 0.380 e. The SMILES string of the molecule is COC(C)C(C)N(C)CC1CNCCO1. The fourth-order valence-electron chi connectivity index (χ4n) is 1.78. The number of nitrogens with one attached hydrogen (secondary N) is 1. The Morgan fingerprint density at radius 1 is 1.53 bits per heavy atom. The molecule has 3 atom stereocenters. The van der Waals surface area contributed by atoms with E-state index in [-0.39, 0.29) is 6.10 Å². The van der Waals surface area contributed by atoms with Crippen molar-refractivity contribution in [3.05, 3.63) is 0 Å². The van der Waals surface area contributed by atoms with Crippen molar-refractivity contribution in [2.75, 3.05) is 40.4 Å². The summed E-state index contributed by atoms with van der Waals surface area (Å²) in [7, 11) is 3.88. The molecular formula is C11H24N2O2. The van der Waals surface area contributed by atoms with E-state index in [9.17, 15) is 0 Å². The van der Waals surface area contributed by atoms with E-state index in [1.165, 1.54) is 0 Å². The Labute approximate surface area is 92.9 Å². The first-order chi connectivity index (χ1) is 7.15. The van der Waals surface area contributed by atoms with Crippen LogP contribution in [0.3, 0.4) is 0 Å². The topological polar surface area (TPSA) is 33.7 Å². The Kier molecular flexibility index (Phi) is 5.53. The first kappa shape index (κ1) is 12.9. The van der Waals surface area contributed by atoms with Gasteiger partial charge in [0.25, 0.3) is 0 Å². The lowest BCUT2D eigenvalue weighted by Crippen LogP contribution is -2.48. The second kappa shape index (κ2) is 6.43. The highest BCUT2D eigenvalue weighted by Crippen LogP contribution is 2.07. The molecule has 4 heteroatoms. The van der Waals surface area contributed by atoms with Crippen molar-refractivity contribution in [3.63, 3.8) is 0 Å². The number of hydrogen-bond acceptors (Lipinski definition) is 4. The Bertz CT molecular complexity index is 172. The Hall–Kier alpha value is -0.160. The summed E-state index contributed by atoms with van der Waals surface area (Å²) in [5, 5.41) is 3.34. The molecule has 15 heavy (non-hydrogen) atoms. The van der Waals surface area contributed by atoms with E-state index >= 15 is 0 Å². The molecule has 0 radical (unpaired) electrons. The van der Waals surface area contributed by atoms with Gasteiger partial charge in [0.05, 0.1) is 18.8 Å². The van der Waals surface area contributed by atoms with Crippen molar-refractivity contribution in [1.82, 2.24) is 10.2 Å². The molecule has 1 aliphatic heterocycles. The van der Waals surface area contributed by atoms with Gasteiger partial charge in [0.15, 0.2) is 0 Å². The maximum absolute atomic E-state index is 5.67. The Morgan fingerprint density at radius 3 is 2.80 bits per heavy atom. The lowest BCUT2D eigenvalue weighted by molar-refractivity contribution is -0.0163. The minimum atomic E-state index is 0.256. The Morgan fingerprint density at radius 2 is 2.27 bits per heavy atom. The van der Waals surface area contributed by atoms with E-state index in [0.29, 0.717) is 12.1 Å². The monoisotopic (exact) mass is 216 g/mol. The molecule has 0 aromatic carbocycles. The normalized spacial score (nSPS) is 26.6. The van der Waals surface area contributed by atoms with Crippen LogP contribution >= 0.6 is 0 Å². The van der Waals surface area contributed by atoms with Crippen molar-refractivity contribution in [2.24, 2.45) is 0 Å². The summed E-state index contributed by atoms with van der Waals surface area (Å²) in [6, 6.07) is 0.417. The standard InChI is InChI=1S/C11H24N2O2/c1-9(10(2)14-4)13(3)8-11-7-12-5-6-15-11/h9-12H,5-8H2,1-4H3. The summed E-state index contributed by atoms with van der Waals surface area (Å²) < 4.78 is 11.0. The summed E-state index contributed by atoms with van der Waals surface area (Å²) in [5.41, 5.74) is 0. The van der Waals surface area contributed by atoms with Gasteiger partial charge in [0.2, 0.25) is 0 Å². The van der Waals surface area contributed by atoms with Crippen LogP contribution in [0.5, 0.6) is 0 Å². The highest BCUT2D eigenvalue weighted by molar-refractivity contribution is 4.76. The summed E-state index contributed by atoms with van der Waals surface area (Å²) >= 11 is 0. The van der Waals surface area contributed by atoms with Crippen molar-refractivity contribution in [1.29, 1.82) is 0 Å². The molecule has 0 amide bonds. The zero-order valence-electron chi connectivity index (χ0n) is 10.3. The van der Waals surface area contributed by atoms with Crippen LogP contribution in [0.25, 0.3) is 0 Å². The van der Waals surface area contributed by atoms with Gasteiger partial charge in [-0.3, -0.25) is 4.90 Å². The van der Waals surface area contributed by atoms with Gasteiger partial charge in [0, 0.05) is 32.8 Å². The van der Waals surface area contributed by atoms with Gasteiger partial charge >= 0.3 is 0 Å². The number of methoxy groups -OCH3 is 1. The van der Waals surface area contributed by atoms with Gasteiger partial charge in [-0.25, -0.2) is 0 Å². The summed E-state index contributed by atoms with van der Waals surface area (Å²) in [6.45, 7) is 8.00. The number of likely N-dealkylation sites (N-methyl/N-ethyl adjacent to an activating group) is 1. The van der Waals surface area contributed by atoms with Gasteiger partial charge in [0.1, 0.15) is 0 Å². The van der Waals surface area contributed by atoms with Crippen LogP contribution in [0.2, 0.25) is 0 Å². The van der Waals surface area contributed by atoms with Crippen LogP contribution in [0.4, 0.5) is 0 Å². The lowest BCUT2D eigenvalue weighted by Gasteiger charge is -2.33. The first-order valence-corrected chi connectivity index (χ1v) is 5.70. The molecule has 0 spiro atoms. The van der Waals surface area contributed by atoms with E-state index in [1.807, 2.05) is 0 Å². The molecule has 1 heterocycles. The molecule has 1 fully saturated rings. The predicted octanol–water partition coefficient (Wildman–Crippen LogP) is 0.330. The molecule has 1 saturated heterocycles. The summed E-state index contributed by atoms with van der Waals surface area (Å²) in [6.07, 6.45) is 0.571. The van der Waals surface area contributed by atoms with Crippen LogP contribution < -0.4 is 5.32 Å². The summed E-state index contributed by atoms with van der Waals surface area (Å²) in [4.78, 5) is 2.30. The average molecular weight is 216 g/mol. The molecule has 0 bridgehead atoms. The van der Waals surface area contributed by atoms with Crippen LogP contribution in [0.1, 0.15) is 13.8 Å². The molecule has 0 aromatic rings. The highest BCUT2D eigenvalue weighted by atomic mass is 16.5. The molecule has 1 N–H and O–H groups in total. The van der Waals surface area contributed by atoms with E-state index < -0.39 is 0 Å². The minimum absolute atomic E-state index is 0.256. The van der Waals surface area contributed by atoms with Crippen molar-refractivity contribution >= 4 is 0 Å². The molecule has 90 valence electrons. The minimum Gasteiger partial charge on any atom is -0.380 e. The molecule has 3 unspecified atom stereocenters.